The van der Waals surface area contributed by atoms with Crippen molar-refractivity contribution in [3.05, 3.63) is 70.4 Å². The van der Waals surface area contributed by atoms with E-state index >= 15 is 0 Å². The van der Waals surface area contributed by atoms with E-state index in [1.165, 1.54) is 17.7 Å². The molecular weight excluding hydrogens is 378 g/mol. The van der Waals surface area contributed by atoms with Gasteiger partial charge >= 0.3 is 0 Å². The fourth-order valence-electron chi connectivity index (χ4n) is 1.71. The smallest absolute Gasteiger partial charge is 0.250 e. The Labute approximate surface area is 173 Å². The van der Waals surface area contributed by atoms with Crippen molar-refractivity contribution in [2.45, 2.75) is 61.9 Å². The van der Waals surface area contributed by atoms with Gasteiger partial charge in [-0.1, -0.05) is 54.3 Å². The molecule has 0 fully saturated rings. The molecule has 135 valence electrons. The van der Waals surface area contributed by atoms with E-state index in [2.05, 4.69) is 13.8 Å². The van der Waals surface area contributed by atoms with Gasteiger partial charge in [-0.15, -0.1) is 0 Å². The zero-order valence-corrected chi connectivity index (χ0v) is 15.9. The van der Waals surface area contributed by atoms with Gasteiger partial charge < -0.3 is 4.57 Å². The molecule has 0 N–H and O–H groups in total. The van der Waals surface area contributed by atoms with Gasteiger partial charge in [-0.3, -0.25) is 4.79 Å². The predicted octanol–water partition coefficient (Wildman–Crippen LogP) is 6.28. The van der Waals surface area contributed by atoms with Gasteiger partial charge in [-0.25, -0.2) is 4.39 Å². The van der Waals surface area contributed by atoms with E-state index in [1.807, 2.05) is 32.0 Å². The van der Waals surface area contributed by atoms with Crippen molar-refractivity contribution in [3.63, 3.8) is 0 Å². The Kier molecular flexibility index (Phi) is 20.3. The molecule has 0 atom stereocenters. The normalized spacial score (nSPS) is 8.62. The van der Waals surface area contributed by atoms with Crippen molar-refractivity contribution in [2.24, 2.45) is 0 Å². The second kappa shape index (κ2) is 15.7. The molecule has 2 aromatic rings. The van der Waals surface area contributed by atoms with Crippen molar-refractivity contribution >= 4 is 0 Å². The summed E-state index contributed by atoms with van der Waals surface area (Å²) in [6.45, 7) is 8.16. The maximum absolute atomic E-state index is 12.4. The Morgan fingerprint density at radius 2 is 1.38 bits per heavy atom. The first-order valence-corrected chi connectivity index (χ1v) is 6.84. The number of nitrogens with zero attached hydrogens (tertiary/aromatic N) is 1. The van der Waals surface area contributed by atoms with Crippen LogP contribution in [0.5, 0.6) is 0 Å². The minimum absolute atomic E-state index is 0. The fraction of sp³-hybridized carbons (Fsp3) is 0.450. The summed E-state index contributed by atoms with van der Waals surface area (Å²) < 4.78 is 14.0. The standard InChI is InChI=1S/C9H11F.C8H11NO.3CH4.Y/c1-7(2)8-3-5-9(10)6-4-8;1-7(2)9-6-4-3-5-8(9)10;;;;/h2*3-7H,1-2H3;3*1H4;. The van der Waals surface area contributed by atoms with E-state index in [1.54, 1.807) is 22.9 Å². The third-order valence-electron chi connectivity index (χ3n) is 2.94. The van der Waals surface area contributed by atoms with Crippen molar-refractivity contribution in [3.8, 4) is 0 Å². The van der Waals surface area contributed by atoms with Crippen LogP contribution < -0.4 is 5.56 Å². The van der Waals surface area contributed by atoms with Gasteiger partial charge in [0.15, 0.2) is 0 Å². The average Bonchev–Trinajstić information content (AvgIpc) is 2.40. The van der Waals surface area contributed by atoms with Crippen LogP contribution in [0, 0.1) is 5.82 Å². The molecule has 4 heteroatoms. The zero-order chi connectivity index (χ0) is 15.1. The van der Waals surface area contributed by atoms with E-state index in [0.29, 0.717) is 5.92 Å². The van der Waals surface area contributed by atoms with Crippen molar-refractivity contribution < 1.29 is 37.1 Å². The summed E-state index contributed by atoms with van der Waals surface area (Å²) >= 11 is 0. The number of rotatable bonds is 2. The summed E-state index contributed by atoms with van der Waals surface area (Å²) in [4.78, 5) is 11.0. The van der Waals surface area contributed by atoms with Gasteiger partial charge in [0.2, 0.25) is 0 Å². The Morgan fingerprint density at radius 1 is 0.875 bits per heavy atom. The molecule has 0 unspecified atom stereocenters. The molecule has 0 aliphatic rings. The first-order valence-electron chi connectivity index (χ1n) is 6.84. The van der Waals surface area contributed by atoms with Crippen LogP contribution in [0.3, 0.4) is 0 Å². The maximum atomic E-state index is 12.4. The van der Waals surface area contributed by atoms with Gasteiger partial charge in [0.05, 0.1) is 0 Å². The molecule has 1 heterocycles. The largest absolute Gasteiger partial charge is 0.313 e. The first kappa shape index (κ1) is 31.0. The molecule has 1 radical (unpaired) electrons. The first-order chi connectivity index (χ1) is 9.41. The summed E-state index contributed by atoms with van der Waals surface area (Å²) in [5, 5.41) is 0. The molecule has 0 saturated heterocycles. The Bertz CT molecular complexity index is 577. The monoisotopic (exact) mass is 412 g/mol. The topological polar surface area (TPSA) is 22.0 Å². The Hall–Kier alpha value is -0.796. The quantitative estimate of drug-likeness (QED) is 0.569. The van der Waals surface area contributed by atoms with Crippen molar-refractivity contribution in [1.29, 1.82) is 0 Å². The van der Waals surface area contributed by atoms with Crippen LogP contribution in [0.2, 0.25) is 0 Å². The van der Waals surface area contributed by atoms with Crippen LogP contribution in [-0.2, 0) is 32.7 Å². The molecule has 0 spiro atoms. The molecule has 2 rings (SSSR count). The van der Waals surface area contributed by atoms with Gasteiger partial charge in [0, 0.05) is 51.0 Å². The molecule has 1 aromatic heterocycles. The van der Waals surface area contributed by atoms with Gasteiger partial charge in [0.25, 0.3) is 5.56 Å². The SMILES string of the molecule is C.C.C.CC(C)c1ccc(F)cc1.CC(C)n1ccccc1=O.[Y]. The summed E-state index contributed by atoms with van der Waals surface area (Å²) in [6, 6.07) is 12.1. The summed E-state index contributed by atoms with van der Waals surface area (Å²) in [5.41, 5.74) is 1.25. The third-order valence-corrected chi connectivity index (χ3v) is 2.94. The van der Waals surface area contributed by atoms with Crippen molar-refractivity contribution in [2.75, 3.05) is 0 Å². The molecule has 1 aromatic carbocycles. The average molecular weight is 412 g/mol. The van der Waals surface area contributed by atoms with Crippen molar-refractivity contribution in [1.82, 2.24) is 4.57 Å². The molecule has 0 aliphatic carbocycles. The molecule has 0 saturated carbocycles. The summed E-state index contributed by atoms with van der Waals surface area (Å²) in [7, 11) is 0. The molecular formula is C20H34FNOY. The molecule has 0 bridgehead atoms. The Balaban J connectivity index is -0.000000143. The Morgan fingerprint density at radius 3 is 1.71 bits per heavy atom. The predicted molar refractivity (Wildman–Crippen MR) is 102 cm³/mol. The van der Waals surface area contributed by atoms with Gasteiger partial charge in [-0.05, 0) is 43.5 Å². The van der Waals surface area contributed by atoms with E-state index in [-0.39, 0.29) is 72.4 Å². The van der Waals surface area contributed by atoms with E-state index < -0.39 is 0 Å². The van der Waals surface area contributed by atoms with Crippen LogP contribution in [0.25, 0.3) is 0 Å². The molecule has 0 amide bonds. The number of hydrogen-bond acceptors (Lipinski definition) is 1. The van der Waals surface area contributed by atoms with Crippen LogP contribution in [0.1, 0.15) is 67.5 Å². The van der Waals surface area contributed by atoms with Crippen LogP contribution >= 0.6 is 0 Å². The van der Waals surface area contributed by atoms with Crippen LogP contribution in [-0.4, -0.2) is 4.57 Å². The third kappa shape index (κ3) is 10.9. The van der Waals surface area contributed by atoms with E-state index in [0.717, 1.165) is 0 Å². The minimum atomic E-state index is -0.163. The summed E-state index contributed by atoms with van der Waals surface area (Å²) in [5.74, 6) is 0.324. The van der Waals surface area contributed by atoms with Crippen LogP contribution in [0.15, 0.2) is 53.5 Å². The summed E-state index contributed by atoms with van der Waals surface area (Å²) in [6.07, 6.45) is 1.80. The van der Waals surface area contributed by atoms with E-state index in [4.69, 9.17) is 0 Å². The van der Waals surface area contributed by atoms with Gasteiger partial charge in [0.1, 0.15) is 5.82 Å². The fourth-order valence-corrected chi connectivity index (χ4v) is 1.71. The van der Waals surface area contributed by atoms with Gasteiger partial charge in [-0.2, -0.15) is 0 Å². The number of halogens is 1. The number of benzene rings is 1. The molecule has 24 heavy (non-hydrogen) atoms. The second-order valence-electron chi connectivity index (χ2n) is 5.25. The van der Waals surface area contributed by atoms with Crippen LogP contribution in [0.4, 0.5) is 4.39 Å². The maximum Gasteiger partial charge on any atom is 0.250 e. The number of aromatic nitrogens is 1. The zero-order valence-electron chi connectivity index (χ0n) is 13.1. The molecule has 0 aliphatic heterocycles. The number of pyridine rings is 1. The molecule has 2 nitrogen and oxygen atoms in total. The van der Waals surface area contributed by atoms with E-state index in [9.17, 15) is 9.18 Å². The number of hydrogen-bond donors (Lipinski definition) is 0. The second-order valence-corrected chi connectivity index (χ2v) is 5.25. The minimum Gasteiger partial charge on any atom is -0.313 e.